The number of hydrogen-bond acceptors (Lipinski definition) is 3. The molecule has 2 aromatic rings. The van der Waals surface area contributed by atoms with Gasteiger partial charge in [-0.2, -0.15) is 5.26 Å². The van der Waals surface area contributed by atoms with Gasteiger partial charge >= 0.3 is 0 Å². The third-order valence-corrected chi connectivity index (χ3v) is 2.87. The van der Waals surface area contributed by atoms with Crippen LogP contribution in [0.2, 0.25) is 0 Å². The zero-order chi connectivity index (χ0) is 13.1. The van der Waals surface area contributed by atoms with Crippen molar-refractivity contribution in [2.75, 3.05) is 11.1 Å². The highest BCUT2D eigenvalue weighted by atomic mass is 79.9. The summed E-state index contributed by atoms with van der Waals surface area (Å²) in [7, 11) is 0. The molecule has 0 bridgehead atoms. The molecule has 2 aromatic carbocycles. The normalized spacial score (nSPS) is 9.83. The highest BCUT2D eigenvalue weighted by molar-refractivity contribution is 9.10. The lowest BCUT2D eigenvalue weighted by Gasteiger charge is -2.10. The third-order valence-electron chi connectivity index (χ3n) is 2.38. The van der Waals surface area contributed by atoms with Crippen LogP contribution in [0.25, 0.3) is 0 Å². The van der Waals surface area contributed by atoms with Crippen molar-refractivity contribution in [3.63, 3.8) is 0 Å². The largest absolute Gasteiger partial charge is 0.397 e. The fraction of sp³-hybridized carbons (Fsp3) is 0. The standard InChI is InChI=1S/C13H9BrFN3/c14-9-1-4-13(12(17)6-9)18-10-2-3-11(15)8(5-10)7-16/h1-6,18H,17H2. The van der Waals surface area contributed by atoms with Crippen molar-refractivity contribution in [3.05, 3.63) is 52.3 Å². The van der Waals surface area contributed by atoms with E-state index in [0.29, 0.717) is 17.1 Å². The molecule has 18 heavy (non-hydrogen) atoms. The Morgan fingerprint density at radius 2 is 2.00 bits per heavy atom. The van der Waals surface area contributed by atoms with Gasteiger partial charge in [0.25, 0.3) is 0 Å². The van der Waals surface area contributed by atoms with Gasteiger partial charge in [-0.3, -0.25) is 0 Å². The van der Waals surface area contributed by atoms with Gasteiger partial charge in [0.1, 0.15) is 11.9 Å². The molecule has 0 aliphatic heterocycles. The minimum atomic E-state index is -0.535. The molecule has 90 valence electrons. The highest BCUT2D eigenvalue weighted by Gasteiger charge is 2.04. The van der Waals surface area contributed by atoms with Crippen LogP contribution in [-0.2, 0) is 0 Å². The first-order chi connectivity index (χ1) is 8.60. The molecule has 0 heterocycles. The highest BCUT2D eigenvalue weighted by Crippen LogP contribution is 2.27. The third kappa shape index (κ3) is 2.60. The van der Waals surface area contributed by atoms with Crippen LogP contribution in [0.3, 0.4) is 0 Å². The van der Waals surface area contributed by atoms with Crippen LogP contribution >= 0.6 is 15.9 Å². The minimum absolute atomic E-state index is 0.00400. The Labute approximate surface area is 112 Å². The number of nitrogens with two attached hydrogens (primary N) is 1. The van der Waals surface area contributed by atoms with Gasteiger partial charge in [-0.05, 0) is 36.4 Å². The van der Waals surface area contributed by atoms with Crippen molar-refractivity contribution in [1.82, 2.24) is 0 Å². The summed E-state index contributed by atoms with van der Waals surface area (Å²) in [4.78, 5) is 0. The van der Waals surface area contributed by atoms with Crippen LogP contribution < -0.4 is 11.1 Å². The molecule has 0 saturated heterocycles. The zero-order valence-corrected chi connectivity index (χ0v) is 10.8. The summed E-state index contributed by atoms with van der Waals surface area (Å²) in [5.74, 6) is -0.535. The predicted octanol–water partition coefficient (Wildman–Crippen LogP) is 3.79. The van der Waals surface area contributed by atoms with E-state index in [9.17, 15) is 4.39 Å². The maximum atomic E-state index is 13.2. The summed E-state index contributed by atoms with van der Waals surface area (Å²) < 4.78 is 14.0. The molecular weight excluding hydrogens is 297 g/mol. The van der Waals surface area contributed by atoms with Gasteiger partial charge in [-0.15, -0.1) is 0 Å². The molecule has 0 radical (unpaired) electrons. The van der Waals surface area contributed by atoms with E-state index in [-0.39, 0.29) is 5.56 Å². The van der Waals surface area contributed by atoms with Crippen molar-refractivity contribution in [2.45, 2.75) is 0 Å². The second-order valence-electron chi connectivity index (χ2n) is 3.66. The lowest BCUT2D eigenvalue weighted by atomic mass is 10.2. The Hall–Kier alpha value is -2.06. The first kappa shape index (κ1) is 12.4. The van der Waals surface area contributed by atoms with Crippen LogP contribution in [-0.4, -0.2) is 0 Å². The van der Waals surface area contributed by atoms with E-state index in [4.69, 9.17) is 11.0 Å². The molecule has 0 amide bonds. The summed E-state index contributed by atoms with van der Waals surface area (Å²) in [6, 6.07) is 11.4. The van der Waals surface area contributed by atoms with Crippen LogP contribution in [0.15, 0.2) is 40.9 Å². The van der Waals surface area contributed by atoms with Gasteiger partial charge in [-0.1, -0.05) is 15.9 Å². The molecule has 0 unspecified atom stereocenters. The van der Waals surface area contributed by atoms with Gasteiger partial charge in [0, 0.05) is 10.2 Å². The van der Waals surface area contributed by atoms with E-state index in [0.717, 1.165) is 4.47 Å². The maximum Gasteiger partial charge on any atom is 0.141 e. The fourth-order valence-corrected chi connectivity index (χ4v) is 1.87. The molecule has 0 saturated carbocycles. The smallest absolute Gasteiger partial charge is 0.141 e. The quantitative estimate of drug-likeness (QED) is 0.830. The minimum Gasteiger partial charge on any atom is -0.397 e. The van der Waals surface area contributed by atoms with Gasteiger partial charge in [0.05, 0.1) is 16.9 Å². The van der Waals surface area contributed by atoms with Crippen LogP contribution in [0.4, 0.5) is 21.5 Å². The SMILES string of the molecule is N#Cc1cc(Nc2ccc(Br)cc2N)ccc1F. The monoisotopic (exact) mass is 305 g/mol. The van der Waals surface area contributed by atoms with Crippen LogP contribution in [0, 0.1) is 17.1 Å². The van der Waals surface area contributed by atoms with Gasteiger partial charge in [-0.25, -0.2) is 4.39 Å². The van der Waals surface area contributed by atoms with Gasteiger partial charge < -0.3 is 11.1 Å². The Morgan fingerprint density at radius 3 is 2.67 bits per heavy atom. The topological polar surface area (TPSA) is 61.8 Å². The van der Waals surface area contributed by atoms with Crippen molar-refractivity contribution >= 4 is 33.0 Å². The predicted molar refractivity (Wildman–Crippen MR) is 73.0 cm³/mol. The van der Waals surface area contributed by atoms with Gasteiger partial charge in [0.15, 0.2) is 0 Å². The summed E-state index contributed by atoms with van der Waals surface area (Å²) in [5, 5.41) is 11.8. The Bertz CT molecular complexity index is 635. The molecule has 5 heteroatoms. The Kier molecular flexibility index (Phi) is 3.49. The first-order valence-corrected chi connectivity index (χ1v) is 5.91. The lowest BCUT2D eigenvalue weighted by Crippen LogP contribution is -1.97. The summed E-state index contributed by atoms with van der Waals surface area (Å²) in [5.41, 5.74) is 7.71. The Morgan fingerprint density at radius 1 is 1.22 bits per heavy atom. The maximum absolute atomic E-state index is 13.2. The molecule has 3 N–H and O–H groups in total. The molecule has 3 nitrogen and oxygen atoms in total. The van der Waals surface area contributed by atoms with E-state index < -0.39 is 5.82 Å². The average Bonchev–Trinajstić information content (AvgIpc) is 2.35. The molecule has 0 aliphatic rings. The van der Waals surface area contributed by atoms with E-state index in [1.165, 1.54) is 12.1 Å². The number of nitrogens with zero attached hydrogens (tertiary/aromatic N) is 1. The summed E-state index contributed by atoms with van der Waals surface area (Å²) in [6.07, 6.45) is 0. The van der Waals surface area contributed by atoms with Crippen molar-refractivity contribution in [1.29, 1.82) is 5.26 Å². The Balaban J connectivity index is 2.32. The number of nitriles is 1. The van der Waals surface area contributed by atoms with Crippen LogP contribution in [0.5, 0.6) is 0 Å². The molecule has 2 rings (SSSR count). The fourth-order valence-electron chi connectivity index (χ4n) is 1.49. The number of hydrogen-bond donors (Lipinski definition) is 2. The van der Waals surface area contributed by atoms with E-state index in [2.05, 4.69) is 21.2 Å². The number of nitrogen functional groups attached to an aromatic ring is 1. The van der Waals surface area contributed by atoms with E-state index >= 15 is 0 Å². The summed E-state index contributed by atoms with van der Waals surface area (Å²) in [6.45, 7) is 0. The number of rotatable bonds is 2. The van der Waals surface area contributed by atoms with Crippen molar-refractivity contribution < 1.29 is 4.39 Å². The van der Waals surface area contributed by atoms with Crippen LogP contribution in [0.1, 0.15) is 5.56 Å². The van der Waals surface area contributed by atoms with Crippen molar-refractivity contribution in [2.24, 2.45) is 0 Å². The first-order valence-electron chi connectivity index (χ1n) is 5.12. The zero-order valence-electron chi connectivity index (χ0n) is 9.24. The summed E-state index contributed by atoms with van der Waals surface area (Å²) >= 11 is 3.31. The average molecular weight is 306 g/mol. The number of anilines is 3. The molecule has 0 aliphatic carbocycles. The van der Waals surface area contributed by atoms with Crippen molar-refractivity contribution in [3.8, 4) is 6.07 Å². The molecule has 0 aromatic heterocycles. The lowest BCUT2D eigenvalue weighted by molar-refractivity contribution is 0.624. The van der Waals surface area contributed by atoms with E-state index in [1.54, 1.807) is 24.3 Å². The molecular formula is C13H9BrFN3. The van der Waals surface area contributed by atoms with Gasteiger partial charge in [0.2, 0.25) is 0 Å². The number of benzene rings is 2. The second kappa shape index (κ2) is 5.07. The van der Waals surface area contributed by atoms with E-state index in [1.807, 2.05) is 6.07 Å². The molecule has 0 atom stereocenters. The number of halogens is 2. The molecule has 0 spiro atoms. The number of nitrogens with one attached hydrogen (secondary N) is 1. The molecule has 0 fully saturated rings. The second-order valence-corrected chi connectivity index (χ2v) is 4.58.